The van der Waals surface area contributed by atoms with Crippen molar-refractivity contribution >= 4 is 11.8 Å². The number of hydrogen-bond donors (Lipinski definition) is 2. The van der Waals surface area contributed by atoms with Gasteiger partial charge in [0.15, 0.2) is 0 Å². The normalized spacial score (nSPS) is 45.3. The minimum absolute atomic E-state index is 0.0569. The smallest absolute Gasteiger partial charge is 0.251 e. The molecule has 1 heterocycles. The number of aliphatic hydroxyl groups is 1. The number of nitrogens with zero attached hydrogens (tertiary/aromatic N) is 1. The van der Waals surface area contributed by atoms with Crippen LogP contribution in [0.3, 0.4) is 0 Å². The Balaban J connectivity index is 1.58. The van der Waals surface area contributed by atoms with E-state index in [-0.39, 0.29) is 28.7 Å². The predicted octanol–water partition coefficient (Wildman–Crippen LogP) is 2.88. The zero-order chi connectivity index (χ0) is 20.5. The predicted molar refractivity (Wildman–Crippen MR) is 108 cm³/mol. The first-order valence-electron chi connectivity index (χ1n) is 11.0. The van der Waals surface area contributed by atoms with Crippen molar-refractivity contribution in [1.82, 2.24) is 10.2 Å². The molecule has 0 saturated heterocycles. The highest BCUT2D eigenvalue weighted by Crippen LogP contribution is 2.63. The van der Waals surface area contributed by atoms with Gasteiger partial charge in [0.2, 0.25) is 5.91 Å². The van der Waals surface area contributed by atoms with Gasteiger partial charge in [0, 0.05) is 24.5 Å². The van der Waals surface area contributed by atoms with Crippen molar-refractivity contribution in [3.05, 3.63) is 12.2 Å². The summed E-state index contributed by atoms with van der Waals surface area (Å²) in [5.41, 5.74) is -1.17. The molecule has 3 saturated carbocycles. The van der Waals surface area contributed by atoms with Crippen molar-refractivity contribution in [2.75, 3.05) is 7.05 Å². The number of rotatable bonds is 2. The largest absolute Gasteiger partial charge is 0.381 e. The first kappa shape index (κ1) is 19.9. The molecular weight excluding hydrogens is 352 g/mol. The Kier molecular flexibility index (Phi) is 4.50. The number of carbonyl (C=O) groups is 2. The molecule has 156 valence electrons. The van der Waals surface area contributed by atoms with Gasteiger partial charge in [-0.25, -0.2) is 0 Å². The van der Waals surface area contributed by atoms with E-state index in [1.807, 2.05) is 11.9 Å². The fourth-order valence-corrected chi connectivity index (χ4v) is 7.31. The zero-order valence-electron chi connectivity index (χ0n) is 18.0. The van der Waals surface area contributed by atoms with Crippen LogP contribution in [0.4, 0.5) is 0 Å². The van der Waals surface area contributed by atoms with Gasteiger partial charge in [0.25, 0.3) is 5.91 Å². The van der Waals surface area contributed by atoms with Crippen molar-refractivity contribution in [1.29, 1.82) is 0 Å². The molecule has 5 heteroatoms. The summed E-state index contributed by atoms with van der Waals surface area (Å²) in [6, 6.07) is 0.455. The summed E-state index contributed by atoms with van der Waals surface area (Å²) < 4.78 is 0. The Morgan fingerprint density at radius 2 is 1.89 bits per heavy atom. The molecule has 0 aromatic heterocycles. The van der Waals surface area contributed by atoms with Crippen LogP contribution in [0, 0.1) is 28.6 Å². The van der Waals surface area contributed by atoms with Gasteiger partial charge in [-0.05, 0) is 81.6 Å². The number of amides is 2. The molecule has 0 spiro atoms. The van der Waals surface area contributed by atoms with E-state index in [0.717, 1.165) is 32.1 Å². The minimum Gasteiger partial charge on any atom is -0.381 e. The summed E-state index contributed by atoms with van der Waals surface area (Å²) in [6.07, 6.45) is 10.6. The third-order valence-electron chi connectivity index (χ3n) is 8.99. The van der Waals surface area contributed by atoms with Gasteiger partial charge >= 0.3 is 0 Å². The molecule has 4 rings (SSSR count). The van der Waals surface area contributed by atoms with Crippen molar-refractivity contribution in [2.45, 2.75) is 83.9 Å². The van der Waals surface area contributed by atoms with Crippen molar-refractivity contribution in [2.24, 2.45) is 28.6 Å². The lowest BCUT2D eigenvalue weighted by Crippen LogP contribution is -2.61. The lowest BCUT2D eigenvalue weighted by molar-refractivity contribution is -0.141. The fourth-order valence-electron chi connectivity index (χ4n) is 7.31. The van der Waals surface area contributed by atoms with Crippen LogP contribution in [-0.2, 0) is 9.59 Å². The van der Waals surface area contributed by atoms with Crippen LogP contribution >= 0.6 is 0 Å². The van der Waals surface area contributed by atoms with Crippen LogP contribution < -0.4 is 5.32 Å². The maximum atomic E-state index is 12.4. The third-order valence-corrected chi connectivity index (χ3v) is 8.99. The van der Waals surface area contributed by atoms with Gasteiger partial charge in [-0.15, -0.1) is 0 Å². The molecule has 4 aliphatic rings. The van der Waals surface area contributed by atoms with E-state index in [0.29, 0.717) is 23.8 Å². The number of fused-ring (bicyclic) bond motifs is 5. The monoisotopic (exact) mass is 388 g/mol. The van der Waals surface area contributed by atoms with E-state index in [4.69, 9.17) is 0 Å². The highest BCUT2D eigenvalue weighted by Gasteiger charge is 2.60. The average Bonchev–Trinajstić information content (AvgIpc) is 2.94. The van der Waals surface area contributed by atoms with Crippen LogP contribution in [0.1, 0.15) is 66.2 Å². The van der Waals surface area contributed by atoms with Crippen molar-refractivity contribution in [3.63, 3.8) is 0 Å². The van der Waals surface area contributed by atoms with E-state index in [9.17, 15) is 14.7 Å². The summed E-state index contributed by atoms with van der Waals surface area (Å²) in [5.74, 6) is 1.73. The molecule has 2 unspecified atom stereocenters. The van der Waals surface area contributed by atoms with Crippen molar-refractivity contribution in [3.8, 4) is 0 Å². The Hall–Kier alpha value is -1.36. The molecular formula is C23H36N2O3. The summed E-state index contributed by atoms with van der Waals surface area (Å²) in [5, 5.41) is 13.2. The van der Waals surface area contributed by atoms with Gasteiger partial charge in [0.05, 0.1) is 0 Å². The lowest BCUT2D eigenvalue weighted by Gasteiger charge is -2.60. The van der Waals surface area contributed by atoms with Crippen LogP contribution in [0.2, 0.25) is 0 Å². The van der Waals surface area contributed by atoms with E-state index in [1.54, 1.807) is 19.9 Å². The molecule has 0 aromatic rings. The zero-order valence-corrected chi connectivity index (χ0v) is 18.0. The van der Waals surface area contributed by atoms with Gasteiger partial charge < -0.3 is 15.3 Å². The standard InChI is InChI=1S/C23H36N2O3/c1-21(2,28)20(27)24-17-8-7-15-14-6-9-18-23(4,13-11-19(26)25(18)5)16(14)10-12-22(15,17)3/h11,13-18,28H,6-10,12H2,1-5H3,(H,24,27)/t14-,15-,16+,17?,18?,22-,23+/m0/s1. The maximum absolute atomic E-state index is 12.4. The maximum Gasteiger partial charge on any atom is 0.251 e. The second-order valence-electron chi connectivity index (χ2n) is 10.8. The Labute approximate surface area is 168 Å². The number of likely N-dealkylation sites (N-methyl/N-ethyl adjacent to an activating group) is 1. The van der Waals surface area contributed by atoms with Gasteiger partial charge in [-0.2, -0.15) is 0 Å². The third kappa shape index (κ3) is 2.76. The topological polar surface area (TPSA) is 69.6 Å². The second kappa shape index (κ2) is 6.32. The molecule has 0 radical (unpaired) electrons. The number of nitrogens with one attached hydrogen (secondary N) is 1. The Bertz CT molecular complexity index is 711. The highest BCUT2D eigenvalue weighted by molar-refractivity contribution is 5.89. The van der Waals surface area contributed by atoms with Gasteiger partial charge in [0.1, 0.15) is 5.60 Å². The van der Waals surface area contributed by atoms with Crippen LogP contribution in [0.25, 0.3) is 0 Å². The second-order valence-corrected chi connectivity index (χ2v) is 10.8. The fraction of sp³-hybridized carbons (Fsp3) is 0.826. The summed E-state index contributed by atoms with van der Waals surface area (Å²) in [4.78, 5) is 26.6. The number of carbonyl (C=O) groups excluding carboxylic acids is 2. The van der Waals surface area contributed by atoms with E-state index < -0.39 is 5.60 Å². The van der Waals surface area contributed by atoms with Gasteiger partial charge in [-0.1, -0.05) is 19.9 Å². The molecule has 7 atom stereocenters. The average molecular weight is 389 g/mol. The molecule has 5 nitrogen and oxygen atoms in total. The molecule has 0 aromatic carbocycles. The molecule has 3 aliphatic carbocycles. The first-order chi connectivity index (χ1) is 13.0. The molecule has 2 amide bonds. The SMILES string of the molecule is CN1C(=O)C=C[C@@]2(C)C1CC[C@@H]1[C@H]2CC[C@]2(C)C(NC(=O)C(C)(C)O)CC[C@@H]12. The number of hydrogen-bond acceptors (Lipinski definition) is 3. The van der Waals surface area contributed by atoms with E-state index in [1.165, 1.54) is 6.42 Å². The van der Waals surface area contributed by atoms with Crippen LogP contribution in [0.15, 0.2) is 12.2 Å². The molecule has 0 bridgehead atoms. The Morgan fingerprint density at radius 1 is 1.18 bits per heavy atom. The van der Waals surface area contributed by atoms with Crippen LogP contribution in [0.5, 0.6) is 0 Å². The van der Waals surface area contributed by atoms with E-state index in [2.05, 4.69) is 25.2 Å². The molecule has 2 N–H and O–H groups in total. The Morgan fingerprint density at radius 3 is 2.57 bits per heavy atom. The van der Waals surface area contributed by atoms with Crippen molar-refractivity contribution < 1.29 is 14.7 Å². The molecule has 28 heavy (non-hydrogen) atoms. The van der Waals surface area contributed by atoms with Crippen LogP contribution in [-0.4, -0.2) is 46.6 Å². The highest BCUT2D eigenvalue weighted by atomic mass is 16.3. The molecule has 3 fully saturated rings. The minimum atomic E-state index is -1.33. The van der Waals surface area contributed by atoms with E-state index >= 15 is 0 Å². The van der Waals surface area contributed by atoms with Gasteiger partial charge in [-0.3, -0.25) is 9.59 Å². The summed E-state index contributed by atoms with van der Waals surface area (Å²) in [7, 11) is 1.96. The quantitative estimate of drug-likeness (QED) is 0.764. The lowest BCUT2D eigenvalue weighted by atomic mass is 9.48. The summed E-state index contributed by atoms with van der Waals surface area (Å²) >= 11 is 0. The summed E-state index contributed by atoms with van der Waals surface area (Å²) in [6.45, 7) is 7.84. The molecule has 1 aliphatic heterocycles. The first-order valence-corrected chi connectivity index (χ1v) is 11.0.